The van der Waals surface area contributed by atoms with Crippen LogP contribution in [0.4, 0.5) is 5.82 Å². The minimum Gasteiger partial charge on any atom is -0.355 e. The lowest BCUT2D eigenvalue weighted by atomic mass is 10.4. The van der Waals surface area contributed by atoms with Gasteiger partial charge in [-0.1, -0.05) is 0 Å². The molecule has 0 spiro atoms. The molecular weight excluding hydrogens is 250 g/mol. The summed E-state index contributed by atoms with van der Waals surface area (Å²) in [5.41, 5.74) is 1.65. The fourth-order valence-corrected chi connectivity index (χ4v) is 2.29. The van der Waals surface area contributed by atoms with Crippen LogP contribution in [0.3, 0.4) is 0 Å². The molecule has 1 aliphatic carbocycles. The molecule has 1 saturated carbocycles. The lowest BCUT2D eigenvalue weighted by Crippen LogP contribution is -2.21. The number of halogens is 1. The van der Waals surface area contributed by atoms with Crippen molar-refractivity contribution in [2.45, 2.75) is 38.8 Å². The molecular formula is C12H16ClN5. The molecule has 1 aliphatic rings. The van der Waals surface area contributed by atoms with Gasteiger partial charge in [-0.2, -0.15) is 9.97 Å². The normalized spacial score (nSPS) is 15.6. The summed E-state index contributed by atoms with van der Waals surface area (Å²) in [6.45, 7) is 4.20. The molecule has 0 aromatic carbocycles. The quantitative estimate of drug-likeness (QED) is 0.801. The molecule has 0 amide bonds. The zero-order chi connectivity index (χ0) is 12.9. The van der Waals surface area contributed by atoms with Crippen LogP contribution >= 0.6 is 11.6 Å². The average Bonchev–Trinajstić information content (AvgIpc) is 3.07. The van der Waals surface area contributed by atoms with E-state index in [9.17, 15) is 0 Å². The summed E-state index contributed by atoms with van der Waals surface area (Å²) in [5, 5.41) is 0.285. The minimum atomic E-state index is 0.285. The smallest absolute Gasteiger partial charge is 0.226 e. The first-order valence-electron chi connectivity index (χ1n) is 6.21. The Balaban J connectivity index is 2.19. The maximum Gasteiger partial charge on any atom is 0.226 e. The first kappa shape index (κ1) is 11.7. The van der Waals surface area contributed by atoms with E-state index in [2.05, 4.69) is 33.7 Å². The van der Waals surface area contributed by atoms with E-state index >= 15 is 0 Å². The molecule has 2 aromatic heterocycles. The topological polar surface area (TPSA) is 46.8 Å². The summed E-state index contributed by atoms with van der Waals surface area (Å²) in [6, 6.07) is 0.878. The van der Waals surface area contributed by atoms with E-state index in [4.69, 9.17) is 11.6 Å². The van der Waals surface area contributed by atoms with Gasteiger partial charge in [-0.25, -0.2) is 4.98 Å². The maximum absolute atomic E-state index is 6.04. The molecule has 0 radical (unpaired) electrons. The van der Waals surface area contributed by atoms with E-state index in [0.29, 0.717) is 12.1 Å². The van der Waals surface area contributed by atoms with Crippen molar-refractivity contribution in [2.75, 3.05) is 11.9 Å². The highest BCUT2D eigenvalue weighted by Crippen LogP contribution is 2.33. The van der Waals surface area contributed by atoms with Crippen molar-refractivity contribution in [3.8, 4) is 0 Å². The fourth-order valence-electron chi connectivity index (χ4n) is 2.13. The number of aromatic nitrogens is 4. The predicted octanol–water partition coefficient (Wildman–Crippen LogP) is 2.66. The van der Waals surface area contributed by atoms with Gasteiger partial charge in [0.25, 0.3) is 0 Å². The third-order valence-electron chi connectivity index (χ3n) is 3.36. The van der Waals surface area contributed by atoms with Gasteiger partial charge in [-0.05, 0) is 38.3 Å². The van der Waals surface area contributed by atoms with Crippen LogP contribution in [0.5, 0.6) is 0 Å². The summed E-state index contributed by atoms with van der Waals surface area (Å²) in [5.74, 6) is 0.840. The molecule has 3 rings (SSSR count). The third kappa shape index (κ3) is 1.82. The van der Waals surface area contributed by atoms with Crippen LogP contribution in [0.25, 0.3) is 11.2 Å². The van der Waals surface area contributed by atoms with Gasteiger partial charge in [0.15, 0.2) is 17.0 Å². The molecule has 6 heteroatoms. The van der Waals surface area contributed by atoms with Gasteiger partial charge in [0.2, 0.25) is 5.28 Å². The molecule has 0 N–H and O–H groups in total. The SMILES string of the molecule is CC(C)n1cnc2c(N(C)C3CC3)nc(Cl)nc21. The molecule has 0 saturated heterocycles. The molecule has 18 heavy (non-hydrogen) atoms. The fraction of sp³-hybridized carbons (Fsp3) is 0.583. The molecule has 0 unspecified atom stereocenters. The van der Waals surface area contributed by atoms with Crippen LogP contribution in [-0.2, 0) is 0 Å². The van der Waals surface area contributed by atoms with Crippen molar-refractivity contribution in [1.82, 2.24) is 19.5 Å². The standard InChI is InChI=1S/C12H16ClN5/c1-7(2)18-6-14-9-10(17(3)8-4-5-8)15-12(13)16-11(9)18/h6-8H,4-5H2,1-3H3. The average molecular weight is 266 g/mol. The van der Waals surface area contributed by atoms with E-state index in [1.807, 2.05) is 17.9 Å². The van der Waals surface area contributed by atoms with Crippen molar-refractivity contribution in [2.24, 2.45) is 0 Å². The monoisotopic (exact) mass is 265 g/mol. The van der Waals surface area contributed by atoms with E-state index < -0.39 is 0 Å². The first-order chi connectivity index (χ1) is 8.58. The molecule has 0 atom stereocenters. The van der Waals surface area contributed by atoms with E-state index in [1.54, 1.807) is 0 Å². The molecule has 2 aromatic rings. The number of rotatable bonds is 3. The third-order valence-corrected chi connectivity index (χ3v) is 3.53. The lowest BCUT2D eigenvalue weighted by Gasteiger charge is -2.17. The van der Waals surface area contributed by atoms with Crippen LogP contribution < -0.4 is 4.90 Å². The summed E-state index contributed by atoms with van der Waals surface area (Å²) in [7, 11) is 2.05. The molecule has 96 valence electrons. The number of anilines is 1. The second-order valence-electron chi connectivity index (χ2n) is 5.08. The number of fused-ring (bicyclic) bond motifs is 1. The van der Waals surface area contributed by atoms with Crippen LogP contribution in [0, 0.1) is 0 Å². The van der Waals surface area contributed by atoms with Crippen molar-refractivity contribution >= 4 is 28.6 Å². The molecule has 0 aliphatic heterocycles. The zero-order valence-electron chi connectivity index (χ0n) is 10.8. The van der Waals surface area contributed by atoms with Gasteiger partial charge in [0, 0.05) is 19.1 Å². The Morgan fingerprint density at radius 3 is 2.72 bits per heavy atom. The Kier molecular flexibility index (Phi) is 2.66. The summed E-state index contributed by atoms with van der Waals surface area (Å²) in [4.78, 5) is 15.3. The Morgan fingerprint density at radius 2 is 2.11 bits per heavy atom. The minimum absolute atomic E-state index is 0.285. The first-order valence-corrected chi connectivity index (χ1v) is 6.58. The zero-order valence-corrected chi connectivity index (χ0v) is 11.5. The highest BCUT2D eigenvalue weighted by atomic mass is 35.5. The molecule has 2 heterocycles. The maximum atomic E-state index is 6.04. The number of imidazole rings is 1. The van der Waals surface area contributed by atoms with Crippen molar-refractivity contribution < 1.29 is 0 Å². The van der Waals surface area contributed by atoms with Crippen LogP contribution in [0.1, 0.15) is 32.7 Å². The Morgan fingerprint density at radius 1 is 1.39 bits per heavy atom. The summed E-state index contributed by atoms with van der Waals surface area (Å²) in [6.07, 6.45) is 4.24. The lowest BCUT2D eigenvalue weighted by molar-refractivity contribution is 0.612. The van der Waals surface area contributed by atoms with Crippen LogP contribution in [0.2, 0.25) is 5.28 Å². The van der Waals surface area contributed by atoms with E-state index in [1.165, 1.54) is 12.8 Å². The van der Waals surface area contributed by atoms with Gasteiger partial charge in [-0.3, -0.25) is 0 Å². The summed E-state index contributed by atoms with van der Waals surface area (Å²) >= 11 is 6.04. The van der Waals surface area contributed by atoms with E-state index in [0.717, 1.165) is 17.0 Å². The number of nitrogens with zero attached hydrogens (tertiary/aromatic N) is 5. The highest BCUT2D eigenvalue weighted by molar-refractivity contribution is 6.28. The molecule has 5 nitrogen and oxygen atoms in total. The predicted molar refractivity (Wildman–Crippen MR) is 72.1 cm³/mol. The van der Waals surface area contributed by atoms with Crippen LogP contribution in [-0.4, -0.2) is 32.6 Å². The van der Waals surface area contributed by atoms with Gasteiger partial charge >= 0.3 is 0 Å². The second-order valence-corrected chi connectivity index (χ2v) is 5.41. The van der Waals surface area contributed by atoms with Gasteiger partial charge in [-0.15, -0.1) is 0 Å². The Hall–Kier alpha value is -1.36. The number of hydrogen-bond acceptors (Lipinski definition) is 4. The van der Waals surface area contributed by atoms with Crippen molar-refractivity contribution in [3.05, 3.63) is 11.6 Å². The Labute approximate surface area is 111 Å². The number of hydrogen-bond donors (Lipinski definition) is 0. The largest absolute Gasteiger partial charge is 0.355 e. The van der Waals surface area contributed by atoms with Crippen LogP contribution in [0.15, 0.2) is 6.33 Å². The van der Waals surface area contributed by atoms with E-state index in [-0.39, 0.29) is 5.28 Å². The van der Waals surface area contributed by atoms with Crippen molar-refractivity contribution in [1.29, 1.82) is 0 Å². The van der Waals surface area contributed by atoms with Crippen molar-refractivity contribution in [3.63, 3.8) is 0 Å². The molecule has 1 fully saturated rings. The van der Waals surface area contributed by atoms with Gasteiger partial charge in [0.05, 0.1) is 6.33 Å². The highest BCUT2D eigenvalue weighted by Gasteiger charge is 2.29. The summed E-state index contributed by atoms with van der Waals surface area (Å²) < 4.78 is 2.02. The van der Waals surface area contributed by atoms with Gasteiger partial charge in [0.1, 0.15) is 0 Å². The van der Waals surface area contributed by atoms with Gasteiger partial charge < -0.3 is 9.47 Å². The second kappa shape index (κ2) is 4.09. The Bertz CT molecular complexity index is 587. The molecule has 0 bridgehead atoms.